The molecule has 1 aromatic rings. The van der Waals surface area contributed by atoms with E-state index in [-0.39, 0.29) is 11.8 Å². The number of hydrogen-bond acceptors (Lipinski definition) is 3. The number of aliphatic carboxylic acids is 1. The SMILES string of the molecule is CCOc1ccc(C2(CCC(=O)O)COC2)cc1. The molecule has 0 radical (unpaired) electrons. The Balaban J connectivity index is 2.09. The third-order valence-corrected chi connectivity index (χ3v) is 3.35. The van der Waals surface area contributed by atoms with Crippen molar-refractivity contribution in [2.45, 2.75) is 25.2 Å². The molecule has 1 aliphatic rings. The fourth-order valence-corrected chi connectivity index (χ4v) is 2.22. The zero-order valence-electron chi connectivity index (χ0n) is 10.5. The Kier molecular flexibility index (Phi) is 3.87. The highest BCUT2D eigenvalue weighted by atomic mass is 16.5. The van der Waals surface area contributed by atoms with Crippen molar-refractivity contribution in [3.05, 3.63) is 29.8 Å². The molecule has 1 aliphatic heterocycles. The van der Waals surface area contributed by atoms with Crippen LogP contribution in [-0.2, 0) is 14.9 Å². The van der Waals surface area contributed by atoms with Crippen LogP contribution in [0.1, 0.15) is 25.3 Å². The largest absolute Gasteiger partial charge is 0.494 e. The van der Waals surface area contributed by atoms with E-state index in [0.717, 1.165) is 11.3 Å². The van der Waals surface area contributed by atoms with Gasteiger partial charge in [-0.25, -0.2) is 0 Å². The number of benzene rings is 1. The summed E-state index contributed by atoms with van der Waals surface area (Å²) < 4.78 is 10.7. The van der Waals surface area contributed by atoms with Crippen LogP contribution < -0.4 is 4.74 Å². The lowest BCUT2D eigenvalue weighted by Gasteiger charge is -2.42. The van der Waals surface area contributed by atoms with Crippen molar-refractivity contribution in [1.82, 2.24) is 0 Å². The molecule has 18 heavy (non-hydrogen) atoms. The third-order valence-electron chi connectivity index (χ3n) is 3.35. The van der Waals surface area contributed by atoms with Crippen LogP contribution in [-0.4, -0.2) is 30.9 Å². The number of carboxylic acids is 1. The molecule has 0 aliphatic carbocycles. The van der Waals surface area contributed by atoms with Gasteiger partial charge in [-0.3, -0.25) is 4.79 Å². The first-order valence-electron chi connectivity index (χ1n) is 6.19. The molecule has 2 rings (SSSR count). The summed E-state index contributed by atoms with van der Waals surface area (Å²) in [6.45, 7) is 3.80. The van der Waals surface area contributed by atoms with Crippen LogP contribution >= 0.6 is 0 Å². The van der Waals surface area contributed by atoms with Crippen molar-refractivity contribution >= 4 is 5.97 Å². The van der Waals surface area contributed by atoms with Crippen LogP contribution in [0.2, 0.25) is 0 Å². The predicted octanol–water partition coefficient (Wildman–Crippen LogP) is 2.22. The van der Waals surface area contributed by atoms with E-state index in [1.807, 2.05) is 31.2 Å². The number of ether oxygens (including phenoxy) is 2. The Bertz CT molecular complexity index is 406. The molecule has 0 aromatic heterocycles. The monoisotopic (exact) mass is 250 g/mol. The van der Waals surface area contributed by atoms with Gasteiger partial charge in [0.2, 0.25) is 0 Å². The molecule has 0 bridgehead atoms. The first kappa shape index (κ1) is 12.9. The quantitative estimate of drug-likeness (QED) is 0.841. The molecule has 4 heteroatoms. The summed E-state index contributed by atoms with van der Waals surface area (Å²) in [7, 11) is 0. The zero-order valence-corrected chi connectivity index (χ0v) is 10.5. The summed E-state index contributed by atoms with van der Waals surface area (Å²) in [5.41, 5.74) is 1.02. The number of hydrogen-bond donors (Lipinski definition) is 1. The van der Waals surface area contributed by atoms with Crippen molar-refractivity contribution in [3.8, 4) is 5.75 Å². The van der Waals surface area contributed by atoms with E-state index in [4.69, 9.17) is 14.6 Å². The van der Waals surface area contributed by atoms with E-state index in [1.54, 1.807) is 0 Å². The molecule has 0 amide bonds. The van der Waals surface area contributed by atoms with Gasteiger partial charge in [0.1, 0.15) is 5.75 Å². The zero-order chi connectivity index (χ0) is 13.0. The average molecular weight is 250 g/mol. The van der Waals surface area contributed by atoms with Crippen molar-refractivity contribution in [3.63, 3.8) is 0 Å². The minimum absolute atomic E-state index is 0.122. The predicted molar refractivity (Wildman–Crippen MR) is 67.0 cm³/mol. The number of carboxylic acid groups (broad SMARTS) is 1. The van der Waals surface area contributed by atoms with Gasteiger partial charge in [0, 0.05) is 11.8 Å². The second-order valence-corrected chi connectivity index (χ2v) is 4.62. The number of rotatable bonds is 6. The lowest BCUT2D eigenvalue weighted by atomic mass is 9.75. The van der Waals surface area contributed by atoms with Gasteiger partial charge in [0.05, 0.1) is 19.8 Å². The van der Waals surface area contributed by atoms with Gasteiger partial charge in [0.25, 0.3) is 0 Å². The lowest BCUT2D eigenvalue weighted by Crippen LogP contribution is -2.47. The molecule has 98 valence electrons. The Morgan fingerprint density at radius 1 is 1.39 bits per heavy atom. The summed E-state index contributed by atoms with van der Waals surface area (Å²) in [4.78, 5) is 10.7. The highest BCUT2D eigenvalue weighted by molar-refractivity contribution is 5.67. The van der Waals surface area contributed by atoms with Gasteiger partial charge >= 0.3 is 5.97 Å². The Morgan fingerprint density at radius 3 is 2.50 bits per heavy atom. The van der Waals surface area contributed by atoms with Gasteiger partial charge < -0.3 is 14.6 Å². The molecular formula is C14H18O4. The van der Waals surface area contributed by atoms with Gasteiger partial charge in [-0.1, -0.05) is 12.1 Å². The first-order valence-corrected chi connectivity index (χ1v) is 6.19. The van der Waals surface area contributed by atoms with Gasteiger partial charge in [-0.15, -0.1) is 0 Å². The summed E-state index contributed by atoms with van der Waals surface area (Å²) in [5.74, 6) is 0.0853. The van der Waals surface area contributed by atoms with E-state index in [9.17, 15) is 4.79 Å². The smallest absolute Gasteiger partial charge is 0.303 e. The molecular weight excluding hydrogens is 232 g/mol. The molecule has 1 N–H and O–H groups in total. The minimum atomic E-state index is -0.757. The van der Waals surface area contributed by atoms with E-state index in [2.05, 4.69) is 0 Å². The third kappa shape index (κ3) is 2.64. The second-order valence-electron chi connectivity index (χ2n) is 4.62. The van der Waals surface area contributed by atoms with Crippen LogP contribution in [0, 0.1) is 0 Å². The van der Waals surface area contributed by atoms with E-state index < -0.39 is 5.97 Å². The molecule has 4 nitrogen and oxygen atoms in total. The summed E-state index contributed by atoms with van der Waals surface area (Å²) in [6.07, 6.45) is 0.798. The molecule has 0 saturated carbocycles. The minimum Gasteiger partial charge on any atom is -0.494 e. The van der Waals surface area contributed by atoms with Crippen molar-refractivity contribution in [1.29, 1.82) is 0 Å². The number of carbonyl (C=O) groups is 1. The van der Waals surface area contributed by atoms with Gasteiger partial charge in [0.15, 0.2) is 0 Å². The van der Waals surface area contributed by atoms with Crippen molar-refractivity contribution in [2.24, 2.45) is 0 Å². The highest BCUT2D eigenvalue weighted by Crippen LogP contribution is 2.37. The van der Waals surface area contributed by atoms with Gasteiger partial charge in [-0.05, 0) is 31.0 Å². The van der Waals surface area contributed by atoms with E-state index in [0.29, 0.717) is 26.2 Å². The van der Waals surface area contributed by atoms with Crippen LogP contribution in [0.25, 0.3) is 0 Å². The Labute approximate surface area is 107 Å². The summed E-state index contributed by atoms with van der Waals surface area (Å²) in [6, 6.07) is 7.88. The van der Waals surface area contributed by atoms with E-state index >= 15 is 0 Å². The average Bonchev–Trinajstić information content (AvgIpc) is 2.30. The summed E-state index contributed by atoms with van der Waals surface area (Å²) in [5, 5.41) is 8.80. The molecule has 1 saturated heterocycles. The summed E-state index contributed by atoms with van der Waals surface area (Å²) >= 11 is 0. The Morgan fingerprint density at radius 2 is 2.06 bits per heavy atom. The molecule has 1 aromatic carbocycles. The normalized spacial score (nSPS) is 16.9. The molecule has 1 heterocycles. The molecule has 0 atom stereocenters. The van der Waals surface area contributed by atoms with Crippen molar-refractivity contribution < 1.29 is 19.4 Å². The van der Waals surface area contributed by atoms with Crippen molar-refractivity contribution in [2.75, 3.05) is 19.8 Å². The fourth-order valence-electron chi connectivity index (χ4n) is 2.22. The fraction of sp³-hybridized carbons (Fsp3) is 0.500. The lowest BCUT2D eigenvalue weighted by molar-refractivity contribution is -0.139. The maximum Gasteiger partial charge on any atom is 0.303 e. The van der Waals surface area contributed by atoms with Crippen LogP contribution in [0.5, 0.6) is 5.75 Å². The maximum atomic E-state index is 10.7. The van der Waals surface area contributed by atoms with Crippen LogP contribution in [0.4, 0.5) is 0 Å². The van der Waals surface area contributed by atoms with E-state index in [1.165, 1.54) is 0 Å². The van der Waals surface area contributed by atoms with Crippen LogP contribution in [0.3, 0.4) is 0 Å². The molecule has 0 spiro atoms. The topological polar surface area (TPSA) is 55.8 Å². The second kappa shape index (κ2) is 5.40. The Hall–Kier alpha value is -1.55. The maximum absolute atomic E-state index is 10.7. The van der Waals surface area contributed by atoms with Gasteiger partial charge in [-0.2, -0.15) is 0 Å². The molecule has 0 unspecified atom stereocenters. The standard InChI is InChI=1S/C14H18O4/c1-2-18-12-5-3-11(4-6-12)14(9-17-10-14)8-7-13(15)16/h3-6H,2,7-10H2,1H3,(H,15,16). The molecule has 1 fully saturated rings. The highest BCUT2D eigenvalue weighted by Gasteiger charge is 2.40. The van der Waals surface area contributed by atoms with Crippen LogP contribution in [0.15, 0.2) is 24.3 Å². The first-order chi connectivity index (χ1) is 8.66.